The molecule has 0 amide bonds. The van der Waals surface area contributed by atoms with Gasteiger partial charge in [0.2, 0.25) is 10.0 Å². The van der Waals surface area contributed by atoms with E-state index in [2.05, 4.69) is 23.0 Å². The Kier molecular flexibility index (Phi) is 5.82. The predicted octanol–water partition coefficient (Wildman–Crippen LogP) is 2.88. The summed E-state index contributed by atoms with van der Waals surface area (Å²) in [5, 5.41) is 3.41. The second-order valence-corrected chi connectivity index (χ2v) is 9.30. The van der Waals surface area contributed by atoms with E-state index in [1.807, 2.05) is 13.8 Å². The average molecular weight is 331 g/mol. The summed E-state index contributed by atoms with van der Waals surface area (Å²) in [4.78, 5) is 2.41. The molecule has 1 aromatic rings. The second-order valence-electron chi connectivity index (χ2n) is 5.96. The van der Waals surface area contributed by atoms with Crippen molar-refractivity contribution in [2.24, 2.45) is 0 Å². The molecule has 1 aromatic heterocycles. The van der Waals surface area contributed by atoms with Gasteiger partial charge < -0.3 is 5.32 Å². The van der Waals surface area contributed by atoms with Crippen LogP contribution in [0.25, 0.3) is 0 Å². The number of nitrogens with one attached hydrogen (secondary N) is 2. The monoisotopic (exact) mass is 330 g/mol. The molecule has 2 N–H and O–H groups in total. The molecule has 1 aliphatic rings. The maximum Gasteiger partial charge on any atom is 0.212 e. The Balaban J connectivity index is 1.75. The highest BCUT2D eigenvalue weighted by Gasteiger charge is 2.20. The summed E-state index contributed by atoms with van der Waals surface area (Å²) in [5.74, 6) is 0.214. The maximum absolute atomic E-state index is 12.1. The van der Waals surface area contributed by atoms with Crippen molar-refractivity contribution in [1.29, 1.82) is 0 Å². The third-order valence-electron chi connectivity index (χ3n) is 3.75. The SMILES string of the molecule is Cc1cc(C(C)NS(=O)(=O)CCCCNC2CC2)c(C)s1. The Morgan fingerprint density at radius 2 is 2.05 bits per heavy atom. The van der Waals surface area contributed by atoms with E-state index >= 15 is 0 Å². The highest BCUT2D eigenvalue weighted by Crippen LogP contribution is 2.26. The Morgan fingerprint density at radius 1 is 1.33 bits per heavy atom. The van der Waals surface area contributed by atoms with Gasteiger partial charge in [-0.05, 0) is 64.6 Å². The topological polar surface area (TPSA) is 58.2 Å². The van der Waals surface area contributed by atoms with Crippen molar-refractivity contribution in [3.05, 3.63) is 21.4 Å². The highest BCUT2D eigenvalue weighted by molar-refractivity contribution is 7.89. The number of hydrogen-bond donors (Lipinski definition) is 2. The van der Waals surface area contributed by atoms with Gasteiger partial charge in [-0.15, -0.1) is 11.3 Å². The summed E-state index contributed by atoms with van der Waals surface area (Å²) in [5.41, 5.74) is 1.09. The first-order valence-electron chi connectivity index (χ1n) is 7.68. The summed E-state index contributed by atoms with van der Waals surface area (Å²) in [7, 11) is -3.19. The first-order chi connectivity index (χ1) is 9.87. The molecule has 0 bridgehead atoms. The van der Waals surface area contributed by atoms with Crippen LogP contribution in [-0.4, -0.2) is 26.8 Å². The van der Waals surface area contributed by atoms with Gasteiger partial charge in [0.15, 0.2) is 0 Å². The zero-order chi connectivity index (χ0) is 15.5. The second kappa shape index (κ2) is 7.22. The molecule has 0 saturated heterocycles. The minimum absolute atomic E-state index is 0.149. The van der Waals surface area contributed by atoms with Crippen molar-refractivity contribution in [2.75, 3.05) is 12.3 Å². The van der Waals surface area contributed by atoms with E-state index in [-0.39, 0.29) is 11.8 Å². The van der Waals surface area contributed by atoms with Gasteiger partial charge >= 0.3 is 0 Å². The fourth-order valence-electron chi connectivity index (χ4n) is 2.48. The quantitative estimate of drug-likeness (QED) is 0.685. The van der Waals surface area contributed by atoms with Crippen molar-refractivity contribution >= 4 is 21.4 Å². The Bertz CT molecular complexity index is 562. The maximum atomic E-state index is 12.1. The summed E-state index contributed by atoms with van der Waals surface area (Å²) in [6.07, 6.45) is 4.18. The molecule has 2 rings (SSSR count). The first-order valence-corrected chi connectivity index (χ1v) is 10.1. The molecule has 0 aliphatic heterocycles. The van der Waals surface area contributed by atoms with Gasteiger partial charge in [-0.25, -0.2) is 13.1 Å². The van der Waals surface area contributed by atoms with E-state index in [1.165, 1.54) is 22.6 Å². The van der Waals surface area contributed by atoms with E-state index in [9.17, 15) is 8.42 Å². The molecule has 120 valence electrons. The fraction of sp³-hybridized carbons (Fsp3) is 0.733. The van der Waals surface area contributed by atoms with Crippen LogP contribution in [-0.2, 0) is 10.0 Å². The standard InChI is InChI=1S/C15H26N2O2S2/c1-11-10-15(13(3)20-11)12(2)17-21(18,19)9-5-4-8-16-14-6-7-14/h10,12,14,16-17H,4-9H2,1-3H3. The van der Waals surface area contributed by atoms with Gasteiger partial charge in [0, 0.05) is 21.8 Å². The zero-order valence-electron chi connectivity index (χ0n) is 13.1. The largest absolute Gasteiger partial charge is 0.314 e. The molecule has 6 heteroatoms. The van der Waals surface area contributed by atoms with Crippen molar-refractivity contribution in [3.63, 3.8) is 0 Å². The minimum atomic E-state index is -3.19. The van der Waals surface area contributed by atoms with Crippen LogP contribution in [0.2, 0.25) is 0 Å². The highest BCUT2D eigenvalue weighted by atomic mass is 32.2. The van der Waals surface area contributed by atoms with E-state index in [0.717, 1.165) is 18.5 Å². The minimum Gasteiger partial charge on any atom is -0.314 e. The Hall–Kier alpha value is -0.430. The van der Waals surface area contributed by atoms with Gasteiger partial charge in [-0.3, -0.25) is 0 Å². The van der Waals surface area contributed by atoms with Crippen LogP contribution >= 0.6 is 11.3 Å². The van der Waals surface area contributed by atoms with Gasteiger partial charge in [0.25, 0.3) is 0 Å². The van der Waals surface area contributed by atoms with Crippen LogP contribution in [0.1, 0.15) is 54.0 Å². The van der Waals surface area contributed by atoms with Crippen LogP contribution in [0, 0.1) is 13.8 Å². The number of aryl methyl sites for hydroxylation is 2. The van der Waals surface area contributed by atoms with Gasteiger partial charge in [0.05, 0.1) is 5.75 Å². The molecule has 0 spiro atoms. The van der Waals surface area contributed by atoms with Gasteiger partial charge in [-0.2, -0.15) is 0 Å². The molecule has 1 unspecified atom stereocenters. The lowest BCUT2D eigenvalue weighted by Gasteiger charge is -2.14. The van der Waals surface area contributed by atoms with Crippen LogP contribution < -0.4 is 10.0 Å². The summed E-state index contributed by atoms with van der Waals surface area (Å²) >= 11 is 1.71. The Morgan fingerprint density at radius 3 is 2.62 bits per heavy atom. The van der Waals surface area contributed by atoms with E-state index in [1.54, 1.807) is 11.3 Å². The number of rotatable bonds is 9. The molecule has 21 heavy (non-hydrogen) atoms. The van der Waals surface area contributed by atoms with Crippen molar-refractivity contribution < 1.29 is 8.42 Å². The van der Waals surface area contributed by atoms with E-state index < -0.39 is 10.0 Å². The van der Waals surface area contributed by atoms with E-state index in [0.29, 0.717) is 12.5 Å². The number of thiophene rings is 1. The molecular weight excluding hydrogens is 304 g/mol. The number of unbranched alkanes of at least 4 members (excludes halogenated alkanes) is 1. The molecule has 1 fully saturated rings. The van der Waals surface area contributed by atoms with E-state index in [4.69, 9.17) is 0 Å². The summed E-state index contributed by atoms with van der Waals surface area (Å²) < 4.78 is 27.0. The van der Waals surface area contributed by atoms with Crippen molar-refractivity contribution in [2.45, 2.75) is 58.5 Å². The molecule has 1 saturated carbocycles. The van der Waals surface area contributed by atoms with Crippen molar-refractivity contribution in [3.8, 4) is 0 Å². The summed E-state index contributed by atoms with van der Waals surface area (Å²) in [6, 6.07) is 2.63. The molecule has 1 aliphatic carbocycles. The zero-order valence-corrected chi connectivity index (χ0v) is 14.7. The fourth-order valence-corrected chi connectivity index (χ4v) is 4.87. The first kappa shape index (κ1) is 16.9. The molecule has 1 atom stereocenters. The average Bonchev–Trinajstić information content (AvgIpc) is 3.12. The van der Waals surface area contributed by atoms with Gasteiger partial charge in [-0.1, -0.05) is 0 Å². The number of sulfonamides is 1. The smallest absolute Gasteiger partial charge is 0.212 e. The number of hydrogen-bond acceptors (Lipinski definition) is 4. The molecule has 4 nitrogen and oxygen atoms in total. The van der Waals surface area contributed by atoms with Crippen LogP contribution in [0.5, 0.6) is 0 Å². The lowest BCUT2D eigenvalue weighted by Crippen LogP contribution is -2.29. The molecular formula is C15H26N2O2S2. The van der Waals surface area contributed by atoms with Crippen molar-refractivity contribution in [1.82, 2.24) is 10.0 Å². The predicted molar refractivity (Wildman–Crippen MR) is 89.4 cm³/mol. The molecule has 0 radical (unpaired) electrons. The summed E-state index contributed by atoms with van der Waals surface area (Å²) in [6.45, 7) is 6.94. The van der Waals surface area contributed by atoms with Gasteiger partial charge in [0.1, 0.15) is 0 Å². The lowest BCUT2D eigenvalue weighted by atomic mass is 10.1. The lowest BCUT2D eigenvalue weighted by molar-refractivity contribution is 0.559. The van der Waals surface area contributed by atoms with Crippen LogP contribution in [0.15, 0.2) is 6.07 Å². The molecule has 0 aromatic carbocycles. The molecule has 1 heterocycles. The van der Waals surface area contributed by atoms with Crippen LogP contribution in [0.3, 0.4) is 0 Å². The third kappa shape index (κ3) is 5.70. The third-order valence-corrected chi connectivity index (χ3v) is 6.27. The Labute approximate surface area is 132 Å². The van der Waals surface area contributed by atoms with Crippen LogP contribution in [0.4, 0.5) is 0 Å². The normalized spacial score (nSPS) is 17.1.